The van der Waals surface area contributed by atoms with Gasteiger partial charge in [-0.05, 0) is 25.1 Å². The van der Waals surface area contributed by atoms with Crippen LogP contribution in [0.15, 0.2) is 18.2 Å². The van der Waals surface area contributed by atoms with Crippen LogP contribution >= 0.6 is 11.6 Å². The molecule has 1 heterocycles. The van der Waals surface area contributed by atoms with Crippen molar-refractivity contribution >= 4 is 17.6 Å². The number of carbonyl (C=O) groups is 1. The quantitative estimate of drug-likeness (QED) is 0.925. The number of carboxylic acid groups (broad SMARTS) is 1. The van der Waals surface area contributed by atoms with Crippen LogP contribution in [0.3, 0.4) is 0 Å². The van der Waals surface area contributed by atoms with Gasteiger partial charge in [0.25, 0.3) is 0 Å². The molecule has 1 aromatic heterocycles. The van der Waals surface area contributed by atoms with Crippen molar-refractivity contribution in [2.75, 3.05) is 0 Å². The number of aromatic nitrogens is 3. The Balaban J connectivity index is 2.48. The van der Waals surface area contributed by atoms with Gasteiger partial charge in [-0.2, -0.15) is 0 Å². The molecule has 0 saturated heterocycles. The van der Waals surface area contributed by atoms with E-state index in [1.54, 1.807) is 6.92 Å². The molecule has 0 saturated carbocycles. The van der Waals surface area contributed by atoms with E-state index in [4.69, 9.17) is 16.7 Å². The molecule has 0 fully saturated rings. The zero-order valence-corrected chi connectivity index (χ0v) is 10.1. The second-order valence-corrected chi connectivity index (χ2v) is 4.14. The highest BCUT2D eigenvalue weighted by atomic mass is 35.5. The van der Waals surface area contributed by atoms with Gasteiger partial charge in [0.2, 0.25) is 0 Å². The SMILES string of the molecule is Cc1c(CC(=O)O)nnn1-c1cc(Cl)ccc1F. The molecule has 0 aliphatic rings. The van der Waals surface area contributed by atoms with Gasteiger partial charge >= 0.3 is 5.97 Å². The molecular formula is C11H9ClFN3O2. The van der Waals surface area contributed by atoms with E-state index in [-0.39, 0.29) is 12.1 Å². The standard InChI is InChI=1S/C11H9ClFN3O2/c1-6-9(5-11(17)18)14-15-16(6)10-4-7(12)2-3-8(10)13/h2-4H,5H2,1H3,(H,17,18). The van der Waals surface area contributed by atoms with Crippen molar-refractivity contribution in [3.63, 3.8) is 0 Å². The van der Waals surface area contributed by atoms with Crippen LogP contribution in [0, 0.1) is 12.7 Å². The van der Waals surface area contributed by atoms with Crippen LogP contribution in [0.2, 0.25) is 5.02 Å². The van der Waals surface area contributed by atoms with Crippen LogP contribution in [0.25, 0.3) is 5.69 Å². The van der Waals surface area contributed by atoms with Gasteiger partial charge in [0, 0.05) is 5.02 Å². The summed E-state index contributed by atoms with van der Waals surface area (Å²) in [6.45, 7) is 1.62. The normalized spacial score (nSPS) is 10.6. The number of nitrogens with zero attached hydrogens (tertiary/aromatic N) is 3. The number of aliphatic carboxylic acids is 1. The van der Waals surface area contributed by atoms with Crippen LogP contribution in [0.1, 0.15) is 11.4 Å². The molecule has 0 unspecified atom stereocenters. The summed E-state index contributed by atoms with van der Waals surface area (Å²) in [5.74, 6) is -1.52. The van der Waals surface area contributed by atoms with E-state index in [1.807, 2.05) is 0 Å². The number of halogens is 2. The zero-order valence-electron chi connectivity index (χ0n) is 9.39. The van der Waals surface area contributed by atoms with E-state index in [9.17, 15) is 9.18 Å². The predicted molar refractivity (Wildman–Crippen MR) is 62.4 cm³/mol. The average Bonchev–Trinajstić information content (AvgIpc) is 2.64. The Bertz CT molecular complexity index is 612. The van der Waals surface area contributed by atoms with Crippen molar-refractivity contribution in [3.8, 4) is 5.69 Å². The van der Waals surface area contributed by atoms with Gasteiger partial charge in [-0.3, -0.25) is 4.79 Å². The number of carboxylic acids is 1. The average molecular weight is 270 g/mol. The maximum Gasteiger partial charge on any atom is 0.309 e. The lowest BCUT2D eigenvalue weighted by molar-refractivity contribution is -0.136. The first-order valence-corrected chi connectivity index (χ1v) is 5.45. The minimum Gasteiger partial charge on any atom is -0.481 e. The van der Waals surface area contributed by atoms with Crippen molar-refractivity contribution in [1.29, 1.82) is 0 Å². The summed E-state index contributed by atoms with van der Waals surface area (Å²) in [6, 6.07) is 4.05. The molecule has 94 valence electrons. The third-order valence-electron chi connectivity index (χ3n) is 2.45. The molecule has 2 aromatic rings. The van der Waals surface area contributed by atoms with Crippen molar-refractivity contribution in [2.45, 2.75) is 13.3 Å². The first kappa shape index (κ1) is 12.5. The highest BCUT2D eigenvalue weighted by molar-refractivity contribution is 6.30. The summed E-state index contributed by atoms with van der Waals surface area (Å²) < 4.78 is 14.9. The smallest absolute Gasteiger partial charge is 0.309 e. The molecule has 0 aliphatic heterocycles. The van der Waals surface area contributed by atoms with Gasteiger partial charge in [0.05, 0.1) is 17.8 Å². The van der Waals surface area contributed by atoms with Gasteiger partial charge in [-0.15, -0.1) is 5.10 Å². The largest absolute Gasteiger partial charge is 0.481 e. The van der Waals surface area contributed by atoms with Crippen molar-refractivity contribution in [1.82, 2.24) is 15.0 Å². The highest BCUT2D eigenvalue weighted by Crippen LogP contribution is 2.20. The lowest BCUT2D eigenvalue weighted by Crippen LogP contribution is -2.04. The van der Waals surface area contributed by atoms with E-state index < -0.39 is 11.8 Å². The molecule has 7 heteroatoms. The Morgan fingerprint density at radius 1 is 1.56 bits per heavy atom. The number of hydrogen-bond acceptors (Lipinski definition) is 3. The van der Waals surface area contributed by atoms with Gasteiger partial charge in [0.15, 0.2) is 0 Å². The molecule has 0 atom stereocenters. The first-order chi connectivity index (χ1) is 8.49. The van der Waals surface area contributed by atoms with E-state index in [2.05, 4.69) is 10.3 Å². The summed E-state index contributed by atoms with van der Waals surface area (Å²) in [7, 11) is 0. The monoisotopic (exact) mass is 269 g/mol. The zero-order chi connectivity index (χ0) is 13.3. The Hall–Kier alpha value is -1.95. The molecule has 1 N–H and O–H groups in total. The van der Waals surface area contributed by atoms with Crippen molar-refractivity contribution in [3.05, 3.63) is 40.4 Å². The maximum absolute atomic E-state index is 13.6. The van der Waals surface area contributed by atoms with Crippen LogP contribution in [0.5, 0.6) is 0 Å². The molecular weight excluding hydrogens is 261 g/mol. The Kier molecular flexibility index (Phi) is 3.29. The van der Waals surface area contributed by atoms with E-state index in [1.165, 1.54) is 22.9 Å². The highest BCUT2D eigenvalue weighted by Gasteiger charge is 2.15. The fourth-order valence-electron chi connectivity index (χ4n) is 1.54. The Morgan fingerprint density at radius 2 is 2.28 bits per heavy atom. The van der Waals surface area contributed by atoms with Crippen LogP contribution < -0.4 is 0 Å². The fraction of sp³-hybridized carbons (Fsp3) is 0.182. The number of hydrogen-bond donors (Lipinski definition) is 1. The van der Waals surface area contributed by atoms with Crippen molar-refractivity contribution in [2.24, 2.45) is 0 Å². The van der Waals surface area contributed by atoms with Gasteiger partial charge in [-0.25, -0.2) is 9.07 Å². The molecule has 1 aromatic carbocycles. The van der Waals surface area contributed by atoms with Gasteiger partial charge in [-0.1, -0.05) is 16.8 Å². The second-order valence-electron chi connectivity index (χ2n) is 3.70. The molecule has 0 amide bonds. The summed E-state index contributed by atoms with van der Waals surface area (Å²) >= 11 is 5.79. The van der Waals surface area contributed by atoms with Crippen molar-refractivity contribution < 1.29 is 14.3 Å². The lowest BCUT2D eigenvalue weighted by atomic mass is 10.2. The lowest BCUT2D eigenvalue weighted by Gasteiger charge is -2.05. The predicted octanol–water partition coefficient (Wildman–Crippen LogP) is 2.00. The van der Waals surface area contributed by atoms with E-state index >= 15 is 0 Å². The third kappa shape index (κ3) is 2.33. The topological polar surface area (TPSA) is 68.0 Å². The van der Waals surface area contributed by atoms with Crippen LogP contribution in [-0.4, -0.2) is 26.1 Å². The minimum atomic E-state index is -1.02. The fourth-order valence-corrected chi connectivity index (χ4v) is 1.71. The molecule has 5 nitrogen and oxygen atoms in total. The van der Waals surface area contributed by atoms with Gasteiger partial charge in [0.1, 0.15) is 11.5 Å². The third-order valence-corrected chi connectivity index (χ3v) is 2.68. The van der Waals surface area contributed by atoms with E-state index in [0.717, 1.165) is 0 Å². The molecule has 0 aliphatic carbocycles. The summed E-state index contributed by atoms with van der Waals surface area (Å²) in [4.78, 5) is 10.6. The second kappa shape index (κ2) is 4.73. The summed E-state index contributed by atoms with van der Waals surface area (Å²) in [6.07, 6.45) is -0.256. The molecule has 2 rings (SSSR count). The Labute approximate surface area is 107 Å². The van der Waals surface area contributed by atoms with Gasteiger partial charge < -0.3 is 5.11 Å². The van der Waals surface area contributed by atoms with Crippen LogP contribution in [0.4, 0.5) is 4.39 Å². The molecule has 0 radical (unpaired) electrons. The molecule has 0 bridgehead atoms. The minimum absolute atomic E-state index is 0.143. The number of rotatable bonds is 3. The van der Waals surface area contributed by atoms with Crippen LogP contribution in [-0.2, 0) is 11.2 Å². The Morgan fingerprint density at radius 3 is 2.94 bits per heavy atom. The summed E-state index contributed by atoms with van der Waals surface area (Å²) in [5, 5.41) is 16.5. The first-order valence-electron chi connectivity index (χ1n) is 5.07. The van der Waals surface area contributed by atoms with E-state index in [0.29, 0.717) is 16.4 Å². The molecule has 0 spiro atoms. The number of benzene rings is 1. The maximum atomic E-state index is 13.6. The molecule has 18 heavy (non-hydrogen) atoms. The summed E-state index contributed by atoms with van der Waals surface area (Å²) in [5.41, 5.74) is 0.907.